The minimum absolute atomic E-state index is 0.156. The van der Waals surface area contributed by atoms with Gasteiger partial charge in [0.1, 0.15) is 11.5 Å². The molecule has 0 bridgehead atoms. The number of ether oxygens (including phenoxy) is 1. The highest BCUT2D eigenvalue weighted by Crippen LogP contribution is 2.49. The average Bonchev–Trinajstić information content (AvgIpc) is 4.32. The van der Waals surface area contributed by atoms with E-state index in [2.05, 4.69) is 80.8 Å². The molecule has 1 aromatic carbocycles. The first-order chi connectivity index (χ1) is 38.6. The molecule has 4 heterocycles. The normalized spacial score (nSPS) is 11.6. The molecule has 0 radical (unpaired) electrons. The maximum absolute atomic E-state index is 14.2. The summed E-state index contributed by atoms with van der Waals surface area (Å²) in [7, 11) is 0. The van der Waals surface area contributed by atoms with Crippen LogP contribution in [0.4, 0.5) is 0 Å². The predicted octanol–water partition coefficient (Wildman–Crippen LogP) is 26.1. The predicted molar refractivity (Wildman–Crippen MR) is 352 cm³/mol. The van der Waals surface area contributed by atoms with Crippen LogP contribution in [0.15, 0.2) is 60.0 Å². The molecule has 2 nitrogen and oxygen atoms in total. The van der Waals surface area contributed by atoms with Gasteiger partial charge in [-0.15, -0.1) is 45.3 Å². The Bertz CT molecular complexity index is 2220. The Morgan fingerprint density at radius 1 is 0.346 bits per heavy atom. The summed E-state index contributed by atoms with van der Waals surface area (Å²) in [4.78, 5) is 23.7. The first-order valence-corrected chi connectivity index (χ1v) is 36.6. The van der Waals surface area contributed by atoms with Gasteiger partial charge in [-0.3, -0.25) is 0 Å². The molecule has 0 saturated heterocycles. The van der Waals surface area contributed by atoms with Crippen LogP contribution in [0, 0.1) is 0 Å². The van der Waals surface area contributed by atoms with Crippen molar-refractivity contribution in [3.05, 3.63) is 92.7 Å². The Morgan fingerprint density at radius 2 is 0.667 bits per heavy atom. The molecule has 0 amide bonds. The lowest BCUT2D eigenvalue weighted by Crippen LogP contribution is -2.05. The zero-order valence-corrected chi connectivity index (χ0v) is 53.8. The fourth-order valence-electron chi connectivity index (χ4n) is 11.5. The summed E-state index contributed by atoms with van der Waals surface area (Å²) in [5, 5.41) is 2.36. The molecule has 0 N–H and O–H groups in total. The summed E-state index contributed by atoms with van der Waals surface area (Å²) in [5.41, 5.74) is 6.84. The summed E-state index contributed by atoms with van der Waals surface area (Å²) < 4.78 is 6.14. The lowest BCUT2D eigenvalue weighted by Gasteiger charge is -2.06. The number of carbonyl (C=O) groups excluding carboxylic acids is 1. The van der Waals surface area contributed by atoms with E-state index in [-0.39, 0.29) is 5.97 Å². The smallest absolute Gasteiger partial charge is 0.348 e. The third kappa shape index (κ3) is 26.6. The third-order valence-corrected chi connectivity index (χ3v) is 21.5. The fourth-order valence-corrected chi connectivity index (χ4v) is 16.4. The van der Waals surface area contributed by atoms with E-state index in [4.69, 9.17) is 4.74 Å². The van der Waals surface area contributed by atoms with Crippen LogP contribution in [-0.2, 0) is 37.0 Å². The average molecular weight is 1140 g/mol. The van der Waals surface area contributed by atoms with Gasteiger partial charge in [0.15, 0.2) is 0 Å². The molecule has 436 valence electrons. The Morgan fingerprint density at radius 3 is 1.06 bits per heavy atom. The lowest BCUT2D eigenvalue weighted by molar-refractivity contribution is 0.0477. The second-order valence-corrected chi connectivity index (χ2v) is 27.5. The Kier molecular flexibility index (Phi) is 36.7. The molecule has 0 fully saturated rings. The van der Waals surface area contributed by atoms with Gasteiger partial charge in [-0.25, -0.2) is 4.79 Å². The summed E-state index contributed by atoms with van der Waals surface area (Å²) >= 11 is 7.79. The molecule has 5 aromatic rings. The van der Waals surface area contributed by atoms with Gasteiger partial charge in [-0.1, -0.05) is 289 Å². The highest BCUT2D eigenvalue weighted by atomic mass is 32.1. The van der Waals surface area contributed by atoms with Gasteiger partial charge in [0.05, 0.1) is 0 Å². The van der Waals surface area contributed by atoms with Crippen molar-refractivity contribution >= 4 is 51.3 Å². The van der Waals surface area contributed by atoms with Gasteiger partial charge in [0, 0.05) is 29.3 Å². The van der Waals surface area contributed by atoms with Crippen LogP contribution in [0.2, 0.25) is 0 Å². The van der Waals surface area contributed by atoms with Gasteiger partial charge in [0.25, 0.3) is 0 Å². The first-order valence-electron chi connectivity index (χ1n) is 33.2. The maximum Gasteiger partial charge on any atom is 0.348 e. The molecule has 0 spiro atoms. The van der Waals surface area contributed by atoms with Crippen molar-refractivity contribution in [2.24, 2.45) is 0 Å². The van der Waals surface area contributed by atoms with E-state index in [0.29, 0.717) is 6.61 Å². The molecule has 0 saturated carbocycles. The quantitative estimate of drug-likeness (QED) is 0.0287. The Balaban J connectivity index is 1.39. The minimum atomic E-state index is -0.156. The zero-order chi connectivity index (χ0) is 54.9. The van der Waals surface area contributed by atoms with Gasteiger partial charge in [-0.05, 0) is 109 Å². The van der Waals surface area contributed by atoms with E-state index in [0.717, 1.165) is 36.1 Å². The van der Waals surface area contributed by atoms with Gasteiger partial charge >= 0.3 is 5.97 Å². The van der Waals surface area contributed by atoms with E-state index in [1.165, 1.54) is 297 Å². The summed E-state index contributed by atoms with van der Waals surface area (Å²) in [6.45, 7) is 9.56. The van der Waals surface area contributed by atoms with Crippen molar-refractivity contribution in [3.63, 3.8) is 0 Å². The fraction of sp³-hybridized carbons (Fsp3) is 0.681. The van der Waals surface area contributed by atoms with Crippen LogP contribution in [0.5, 0.6) is 0 Å². The Labute approximate surface area is 496 Å². The monoisotopic (exact) mass is 1140 g/mol. The van der Waals surface area contributed by atoms with Gasteiger partial charge in [-0.2, -0.15) is 0 Å². The topological polar surface area (TPSA) is 26.3 Å². The number of benzene rings is 1. The third-order valence-electron chi connectivity index (χ3n) is 16.4. The molecule has 0 aliphatic heterocycles. The van der Waals surface area contributed by atoms with Crippen LogP contribution >= 0.6 is 45.3 Å². The molecule has 0 atom stereocenters. The lowest BCUT2D eigenvalue weighted by atomic mass is 10.0. The highest BCUT2D eigenvalue weighted by Gasteiger charge is 2.24. The van der Waals surface area contributed by atoms with Crippen molar-refractivity contribution in [2.45, 2.75) is 317 Å². The van der Waals surface area contributed by atoms with Crippen LogP contribution in [0.3, 0.4) is 0 Å². The number of rotatable bonds is 50. The number of esters is 1. The number of aryl methyl sites for hydroxylation is 4. The number of hydrogen-bond donors (Lipinski definition) is 0. The van der Waals surface area contributed by atoms with Crippen molar-refractivity contribution in [3.8, 4) is 29.3 Å². The van der Waals surface area contributed by atoms with E-state index >= 15 is 0 Å². The molecule has 6 heteroatoms. The molecule has 0 unspecified atom stereocenters. The molecule has 0 aliphatic rings. The van der Waals surface area contributed by atoms with Crippen molar-refractivity contribution in [2.75, 3.05) is 0 Å². The zero-order valence-electron chi connectivity index (χ0n) is 50.5. The molecular formula is C72H112O2S4. The van der Waals surface area contributed by atoms with E-state index in [1.54, 1.807) is 22.5 Å². The van der Waals surface area contributed by atoms with Gasteiger partial charge in [0.2, 0.25) is 0 Å². The molecule has 5 rings (SSSR count). The summed E-state index contributed by atoms with van der Waals surface area (Å²) in [5.74, 6) is -0.156. The SMILES string of the molecule is CCCCCCCCCCCCc1cc(-c2sc(-c3sc(-c4sccc4CCCCCCCCCCCC)cc3CCCCCCCCCCCC)cc2CCCCCCCCCCCC)sc1C(=O)OCc1ccccc1. The standard InChI is InChI=1S/C72H112O2S4/c1-5-9-13-17-21-25-29-33-37-44-50-61-54-55-75-68(61)65-56-62(51-45-38-34-30-26-22-18-14-10-6-2)69(76-65)66-57-63(52-46-39-35-31-27-23-19-15-11-7-3)70(77-66)67-58-64(53-47-40-36-32-28-24-20-16-12-8-4)71(78-67)72(73)74-59-60-48-42-41-43-49-60/h41-43,48-49,54-58H,5-40,44-47,50-53,59H2,1-4H3. The number of thiophene rings is 4. The second-order valence-electron chi connectivity index (χ2n) is 23.5. The summed E-state index contributed by atoms with van der Waals surface area (Å²) in [6, 6.07) is 20.3. The van der Waals surface area contributed by atoms with Crippen LogP contribution in [0.25, 0.3) is 29.3 Å². The van der Waals surface area contributed by atoms with Crippen LogP contribution < -0.4 is 0 Å². The van der Waals surface area contributed by atoms with Crippen molar-refractivity contribution in [1.82, 2.24) is 0 Å². The van der Waals surface area contributed by atoms with E-state index in [9.17, 15) is 4.79 Å². The number of hydrogen-bond acceptors (Lipinski definition) is 6. The maximum atomic E-state index is 14.2. The first kappa shape index (κ1) is 66.3. The largest absolute Gasteiger partial charge is 0.457 e. The Hall–Kier alpha value is -2.51. The van der Waals surface area contributed by atoms with E-state index in [1.807, 2.05) is 40.9 Å². The molecule has 78 heavy (non-hydrogen) atoms. The molecular weight excluding hydrogens is 1030 g/mol. The van der Waals surface area contributed by atoms with Crippen LogP contribution in [0.1, 0.15) is 322 Å². The summed E-state index contributed by atoms with van der Waals surface area (Å²) in [6.07, 6.45) is 58.5. The van der Waals surface area contributed by atoms with Crippen LogP contribution in [-0.4, -0.2) is 5.97 Å². The second kappa shape index (κ2) is 43.2. The number of unbranched alkanes of at least 4 members (excludes halogenated alkanes) is 36. The van der Waals surface area contributed by atoms with E-state index < -0.39 is 0 Å². The number of carbonyl (C=O) groups is 1. The highest BCUT2D eigenvalue weighted by molar-refractivity contribution is 7.28. The van der Waals surface area contributed by atoms with Gasteiger partial charge < -0.3 is 4.74 Å². The molecule has 0 aliphatic carbocycles. The minimum Gasteiger partial charge on any atom is -0.457 e. The molecule has 4 aromatic heterocycles. The van der Waals surface area contributed by atoms with Crippen molar-refractivity contribution < 1.29 is 9.53 Å². The van der Waals surface area contributed by atoms with Crippen molar-refractivity contribution in [1.29, 1.82) is 0 Å².